The third kappa shape index (κ3) is 5.64. The number of fused-ring (bicyclic) bond motifs is 1. The van der Waals surface area contributed by atoms with Crippen LogP contribution in [0.15, 0.2) is 52.3 Å². The molecule has 0 aliphatic rings. The molecule has 8 heteroatoms. The number of benzene rings is 2. The van der Waals surface area contributed by atoms with Crippen LogP contribution in [-0.2, 0) is 4.79 Å². The number of hydrogen-bond acceptors (Lipinski definition) is 6. The smallest absolute Gasteiger partial charge is 0.239 e. The van der Waals surface area contributed by atoms with E-state index in [1.54, 1.807) is 23.1 Å². The van der Waals surface area contributed by atoms with Gasteiger partial charge in [0.2, 0.25) is 5.91 Å². The first-order valence-corrected chi connectivity index (χ1v) is 12.1. The average Bonchev–Trinajstić information content (AvgIpc) is 3.10. The second-order valence-electron chi connectivity index (χ2n) is 6.42. The van der Waals surface area contributed by atoms with Crippen LogP contribution in [0.4, 0.5) is 5.13 Å². The fourth-order valence-corrected chi connectivity index (χ4v) is 4.98. The van der Waals surface area contributed by atoms with E-state index in [0.717, 1.165) is 26.8 Å². The summed E-state index contributed by atoms with van der Waals surface area (Å²) in [4.78, 5) is 23.9. The summed E-state index contributed by atoms with van der Waals surface area (Å²) in [5.74, 6) is 0.423. The Balaban J connectivity index is 1.79. The molecule has 1 heterocycles. The monoisotopic (exact) mass is 451 g/mol. The normalized spacial score (nSPS) is 11.3. The van der Waals surface area contributed by atoms with Crippen molar-refractivity contribution in [2.75, 3.05) is 44.1 Å². The van der Waals surface area contributed by atoms with Crippen LogP contribution in [0.3, 0.4) is 0 Å². The molecule has 4 nitrogen and oxygen atoms in total. The summed E-state index contributed by atoms with van der Waals surface area (Å²) in [5.41, 5.74) is 0.936. The highest BCUT2D eigenvalue weighted by molar-refractivity contribution is 8.00. The zero-order valence-corrected chi connectivity index (χ0v) is 19.2. The van der Waals surface area contributed by atoms with Crippen molar-refractivity contribution in [1.29, 1.82) is 0 Å². The van der Waals surface area contributed by atoms with E-state index in [4.69, 9.17) is 16.6 Å². The molecule has 0 saturated carbocycles. The maximum atomic E-state index is 13.0. The molecule has 3 aromatic rings. The van der Waals surface area contributed by atoms with Gasteiger partial charge in [0.25, 0.3) is 0 Å². The predicted octanol–water partition coefficient (Wildman–Crippen LogP) is 5.36. The van der Waals surface area contributed by atoms with Crippen LogP contribution >= 0.6 is 46.5 Å². The van der Waals surface area contributed by atoms with E-state index >= 15 is 0 Å². The summed E-state index contributed by atoms with van der Waals surface area (Å²) in [6.45, 7) is 1.39. The maximum absolute atomic E-state index is 13.0. The number of likely N-dealkylation sites (N-methyl/N-ethyl adjacent to an activating group) is 1. The van der Waals surface area contributed by atoms with Gasteiger partial charge in [-0.3, -0.25) is 9.69 Å². The van der Waals surface area contributed by atoms with Gasteiger partial charge >= 0.3 is 0 Å². The number of carbonyl (C=O) groups excluding carboxylic acids is 1. The molecule has 0 spiro atoms. The molecule has 1 aromatic heterocycles. The van der Waals surface area contributed by atoms with Crippen LogP contribution in [0.1, 0.15) is 0 Å². The Morgan fingerprint density at radius 3 is 2.50 bits per heavy atom. The molecule has 0 unspecified atom stereocenters. The number of carbonyl (C=O) groups is 1. The van der Waals surface area contributed by atoms with Gasteiger partial charge < -0.3 is 4.90 Å². The summed E-state index contributed by atoms with van der Waals surface area (Å²) in [5, 5.41) is 1.46. The highest BCUT2D eigenvalue weighted by atomic mass is 35.5. The number of halogens is 1. The van der Waals surface area contributed by atoms with Gasteiger partial charge in [0.05, 0.1) is 16.0 Å². The third-order valence-electron chi connectivity index (χ3n) is 4.06. The van der Waals surface area contributed by atoms with Crippen LogP contribution < -0.4 is 4.90 Å². The van der Waals surface area contributed by atoms with Crippen LogP contribution in [0, 0.1) is 0 Å². The van der Waals surface area contributed by atoms with E-state index in [9.17, 15) is 4.79 Å². The molecule has 28 heavy (non-hydrogen) atoms. The lowest BCUT2D eigenvalue weighted by atomic mass is 10.3. The van der Waals surface area contributed by atoms with Crippen LogP contribution in [0.5, 0.6) is 0 Å². The summed E-state index contributed by atoms with van der Waals surface area (Å²) in [7, 11) is 4.02. The number of thioether (sulfide) groups is 2. The molecule has 0 N–H and O–H groups in total. The largest absolute Gasteiger partial charge is 0.308 e. The predicted molar refractivity (Wildman–Crippen MR) is 124 cm³/mol. The zero-order chi connectivity index (χ0) is 20.1. The molecule has 0 aliphatic heterocycles. The van der Waals surface area contributed by atoms with E-state index in [1.807, 2.05) is 49.3 Å². The van der Waals surface area contributed by atoms with Crippen molar-refractivity contribution >= 4 is 67.7 Å². The Labute approximate surface area is 183 Å². The minimum atomic E-state index is 0.0611. The minimum Gasteiger partial charge on any atom is -0.308 e. The topological polar surface area (TPSA) is 36.4 Å². The molecule has 3 rings (SSSR count). The SMILES string of the molecule is CSc1ccc2nc(N(CCN(C)C)C(=O)CSc3ccc(Cl)cc3)sc2c1. The van der Waals surface area contributed by atoms with E-state index in [0.29, 0.717) is 17.3 Å². The first kappa shape index (κ1) is 21.5. The maximum Gasteiger partial charge on any atom is 0.239 e. The van der Waals surface area contributed by atoms with Gasteiger partial charge in [0.15, 0.2) is 5.13 Å². The van der Waals surface area contributed by atoms with E-state index in [2.05, 4.69) is 23.3 Å². The fraction of sp³-hybridized carbons (Fsp3) is 0.300. The number of rotatable bonds is 8. The van der Waals surface area contributed by atoms with E-state index in [-0.39, 0.29) is 5.91 Å². The molecule has 0 radical (unpaired) electrons. The highest BCUT2D eigenvalue weighted by Crippen LogP contribution is 2.32. The number of aromatic nitrogens is 1. The first-order chi connectivity index (χ1) is 13.5. The first-order valence-electron chi connectivity index (χ1n) is 8.74. The summed E-state index contributed by atoms with van der Waals surface area (Å²) in [6, 6.07) is 13.8. The third-order valence-corrected chi connectivity index (χ3v) is 7.08. The van der Waals surface area contributed by atoms with E-state index < -0.39 is 0 Å². The number of amides is 1. The molecule has 1 amide bonds. The van der Waals surface area contributed by atoms with Gasteiger partial charge in [-0.1, -0.05) is 22.9 Å². The van der Waals surface area contributed by atoms with Gasteiger partial charge in [-0.15, -0.1) is 23.5 Å². The average molecular weight is 452 g/mol. The van der Waals surface area contributed by atoms with Gasteiger partial charge in [0, 0.05) is 27.9 Å². The van der Waals surface area contributed by atoms with Crippen LogP contribution in [0.2, 0.25) is 5.02 Å². The van der Waals surface area contributed by atoms with Crippen molar-refractivity contribution in [2.45, 2.75) is 9.79 Å². The Morgan fingerprint density at radius 1 is 1.11 bits per heavy atom. The standard InChI is InChI=1S/C20H22ClN3OS3/c1-23(2)10-11-24(19(25)13-27-15-6-4-14(21)5-7-15)20-22-17-9-8-16(26-3)12-18(17)28-20/h4-9,12H,10-11,13H2,1-3H3. The van der Waals surface area contributed by atoms with Gasteiger partial charge in [0.1, 0.15) is 0 Å². The molecular formula is C20H22ClN3OS3. The lowest BCUT2D eigenvalue weighted by molar-refractivity contribution is -0.116. The zero-order valence-electron chi connectivity index (χ0n) is 16.0. The number of thiazole rings is 1. The number of hydrogen-bond donors (Lipinski definition) is 0. The minimum absolute atomic E-state index is 0.0611. The number of anilines is 1. The van der Waals surface area contributed by atoms with Crippen molar-refractivity contribution in [3.63, 3.8) is 0 Å². The molecule has 0 saturated heterocycles. The highest BCUT2D eigenvalue weighted by Gasteiger charge is 2.20. The van der Waals surface area contributed by atoms with Crippen molar-refractivity contribution in [3.8, 4) is 0 Å². The molecule has 0 atom stereocenters. The lowest BCUT2D eigenvalue weighted by Gasteiger charge is -2.21. The van der Waals surface area contributed by atoms with Gasteiger partial charge in [-0.2, -0.15) is 0 Å². The Bertz CT molecular complexity index is 944. The van der Waals surface area contributed by atoms with Crippen molar-refractivity contribution < 1.29 is 4.79 Å². The Kier molecular flexibility index (Phi) is 7.65. The summed E-state index contributed by atoms with van der Waals surface area (Å²) >= 11 is 10.7. The van der Waals surface area contributed by atoms with Crippen molar-refractivity contribution in [3.05, 3.63) is 47.5 Å². The van der Waals surface area contributed by atoms with Gasteiger partial charge in [-0.05, 0) is 62.8 Å². The Morgan fingerprint density at radius 2 is 1.82 bits per heavy atom. The Hall–Kier alpha value is -1.25. The van der Waals surface area contributed by atoms with Crippen molar-refractivity contribution in [2.24, 2.45) is 0 Å². The molecule has 0 bridgehead atoms. The van der Waals surface area contributed by atoms with Gasteiger partial charge in [-0.25, -0.2) is 4.98 Å². The van der Waals surface area contributed by atoms with E-state index in [1.165, 1.54) is 16.7 Å². The molecule has 148 valence electrons. The molecule has 2 aromatic carbocycles. The summed E-state index contributed by atoms with van der Waals surface area (Å²) < 4.78 is 1.11. The lowest BCUT2D eigenvalue weighted by Crippen LogP contribution is -2.37. The van der Waals surface area contributed by atoms with Crippen LogP contribution in [0.25, 0.3) is 10.2 Å². The fourth-order valence-electron chi connectivity index (χ4n) is 2.52. The number of nitrogens with zero attached hydrogens (tertiary/aromatic N) is 3. The van der Waals surface area contributed by atoms with Crippen LogP contribution in [-0.4, -0.2) is 55.0 Å². The molecule has 0 fully saturated rings. The molecular weight excluding hydrogens is 430 g/mol. The second kappa shape index (κ2) is 9.98. The molecule has 0 aliphatic carbocycles. The quantitative estimate of drug-likeness (QED) is 0.431. The summed E-state index contributed by atoms with van der Waals surface area (Å²) in [6.07, 6.45) is 2.06. The van der Waals surface area contributed by atoms with Crippen molar-refractivity contribution in [1.82, 2.24) is 9.88 Å². The second-order valence-corrected chi connectivity index (χ2v) is 9.80.